The van der Waals surface area contributed by atoms with Gasteiger partial charge in [-0.1, -0.05) is 6.08 Å². The van der Waals surface area contributed by atoms with Crippen LogP contribution in [0.15, 0.2) is 37.1 Å². The molecule has 0 spiro atoms. The number of carbonyl (C=O) groups is 1. The third-order valence-corrected chi connectivity index (χ3v) is 2.76. The van der Waals surface area contributed by atoms with Crippen LogP contribution in [-0.2, 0) is 0 Å². The molecule has 19 heavy (non-hydrogen) atoms. The molecule has 0 atom stereocenters. The molecule has 1 amide bonds. The average molecular weight is 257 g/mol. The summed E-state index contributed by atoms with van der Waals surface area (Å²) in [7, 11) is 1.57. The molecule has 5 nitrogen and oxygen atoms in total. The number of hydrogen-bond acceptors (Lipinski definition) is 4. The van der Waals surface area contributed by atoms with Crippen molar-refractivity contribution in [3.63, 3.8) is 0 Å². The number of anilines is 1. The highest BCUT2D eigenvalue weighted by atomic mass is 16.5. The number of nitrogen functional groups attached to an aromatic ring is 1. The normalized spacial score (nSPS) is 10.2. The summed E-state index contributed by atoms with van der Waals surface area (Å²) in [5.74, 6) is 0.370. The summed E-state index contributed by atoms with van der Waals surface area (Å²) >= 11 is 0. The van der Waals surface area contributed by atoms with Crippen molar-refractivity contribution in [2.24, 2.45) is 0 Å². The fraction of sp³-hybridized carbons (Fsp3) is 0.143. The zero-order chi connectivity index (χ0) is 13.8. The summed E-state index contributed by atoms with van der Waals surface area (Å²) in [5.41, 5.74) is 6.73. The second kappa shape index (κ2) is 5.39. The third kappa shape index (κ3) is 2.35. The van der Waals surface area contributed by atoms with Crippen LogP contribution in [0.25, 0.3) is 10.8 Å². The van der Waals surface area contributed by atoms with Crippen molar-refractivity contribution >= 4 is 22.4 Å². The standard InChI is InChI=1S/C14H15N3O2/c1-3-7-17-14(18)13-12-9(6-8-16-13)11(19-2)5-4-10(12)15/h3-6,8H,1,7,15H2,2H3,(H,17,18). The van der Waals surface area contributed by atoms with Gasteiger partial charge < -0.3 is 15.8 Å². The number of rotatable bonds is 4. The Morgan fingerprint density at radius 2 is 2.32 bits per heavy atom. The Morgan fingerprint density at radius 3 is 3.00 bits per heavy atom. The second-order valence-corrected chi connectivity index (χ2v) is 3.94. The lowest BCUT2D eigenvalue weighted by Gasteiger charge is -2.11. The maximum absolute atomic E-state index is 12.1. The number of pyridine rings is 1. The maximum Gasteiger partial charge on any atom is 0.270 e. The summed E-state index contributed by atoms with van der Waals surface area (Å²) in [5, 5.41) is 4.06. The minimum absolute atomic E-state index is 0.287. The highest BCUT2D eigenvalue weighted by Crippen LogP contribution is 2.31. The Labute approximate surface area is 111 Å². The van der Waals surface area contributed by atoms with E-state index in [1.807, 2.05) is 0 Å². The molecule has 98 valence electrons. The largest absolute Gasteiger partial charge is 0.496 e. The van der Waals surface area contributed by atoms with Crippen LogP contribution in [-0.4, -0.2) is 24.5 Å². The van der Waals surface area contributed by atoms with Crippen LogP contribution in [0.1, 0.15) is 10.5 Å². The van der Waals surface area contributed by atoms with Gasteiger partial charge in [0.1, 0.15) is 11.4 Å². The quantitative estimate of drug-likeness (QED) is 0.646. The van der Waals surface area contributed by atoms with Gasteiger partial charge in [0.05, 0.1) is 7.11 Å². The lowest BCUT2D eigenvalue weighted by atomic mass is 10.1. The summed E-state index contributed by atoms with van der Waals surface area (Å²) in [4.78, 5) is 16.2. The van der Waals surface area contributed by atoms with Crippen LogP contribution >= 0.6 is 0 Å². The molecule has 0 bridgehead atoms. The first-order chi connectivity index (χ1) is 9.19. The number of nitrogens with two attached hydrogens (primary N) is 1. The molecule has 0 saturated carbocycles. The molecule has 0 fully saturated rings. The molecule has 0 aliphatic rings. The van der Waals surface area contributed by atoms with E-state index in [2.05, 4.69) is 16.9 Å². The average Bonchev–Trinajstić information content (AvgIpc) is 2.44. The van der Waals surface area contributed by atoms with E-state index in [1.54, 1.807) is 37.6 Å². The van der Waals surface area contributed by atoms with Crippen LogP contribution in [0, 0.1) is 0 Å². The van der Waals surface area contributed by atoms with Gasteiger partial charge in [-0.25, -0.2) is 0 Å². The second-order valence-electron chi connectivity index (χ2n) is 3.94. The number of fused-ring (bicyclic) bond motifs is 1. The van der Waals surface area contributed by atoms with Gasteiger partial charge in [0, 0.05) is 29.2 Å². The van der Waals surface area contributed by atoms with Gasteiger partial charge in [-0.05, 0) is 18.2 Å². The van der Waals surface area contributed by atoms with Gasteiger partial charge >= 0.3 is 0 Å². The van der Waals surface area contributed by atoms with E-state index in [1.165, 1.54) is 0 Å². The van der Waals surface area contributed by atoms with Crippen LogP contribution in [0.4, 0.5) is 5.69 Å². The fourth-order valence-corrected chi connectivity index (χ4v) is 1.90. The number of carbonyl (C=O) groups excluding carboxylic acids is 1. The summed E-state index contributed by atoms with van der Waals surface area (Å²) in [6.07, 6.45) is 3.17. The van der Waals surface area contributed by atoms with Crippen LogP contribution in [0.2, 0.25) is 0 Å². The van der Waals surface area contributed by atoms with Gasteiger partial charge in [0.2, 0.25) is 0 Å². The predicted octanol–water partition coefficient (Wildman–Crippen LogP) is 1.74. The molecule has 0 unspecified atom stereocenters. The molecule has 3 N–H and O–H groups in total. The van der Waals surface area contributed by atoms with E-state index >= 15 is 0 Å². The predicted molar refractivity (Wildman–Crippen MR) is 75.2 cm³/mol. The summed E-state index contributed by atoms with van der Waals surface area (Å²) < 4.78 is 5.27. The van der Waals surface area contributed by atoms with E-state index in [0.29, 0.717) is 23.4 Å². The molecule has 2 aromatic rings. The number of methoxy groups -OCH3 is 1. The third-order valence-electron chi connectivity index (χ3n) is 2.76. The van der Waals surface area contributed by atoms with Crippen molar-refractivity contribution in [2.75, 3.05) is 19.4 Å². The Kier molecular flexibility index (Phi) is 3.66. The zero-order valence-electron chi connectivity index (χ0n) is 10.6. The van der Waals surface area contributed by atoms with Gasteiger partial charge in [0.25, 0.3) is 5.91 Å². The fourth-order valence-electron chi connectivity index (χ4n) is 1.90. The minimum atomic E-state index is -0.287. The van der Waals surface area contributed by atoms with Crippen molar-refractivity contribution in [3.05, 3.63) is 42.7 Å². The molecule has 0 aliphatic heterocycles. The number of ether oxygens (including phenoxy) is 1. The topological polar surface area (TPSA) is 77.2 Å². The number of benzene rings is 1. The Morgan fingerprint density at radius 1 is 1.53 bits per heavy atom. The highest BCUT2D eigenvalue weighted by Gasteiger charge is 2.15. The van der Waals surface area contributed by atoms with Crippen LogP contribution in [0.5, 0.6) is 5.75 Å². The van der Waals surface area contributed by atoms with Crippen molar-refractivity contribution < 1.29 is 9.53 Å². The molecule has 0 saturated heterocycles. The Bertz CT molecular complexity index is 638. The molecule has 1 aromatic heterocycles. The first-order valence-electron chi connectivity index (χ1n) is 5.79. The smallest absolute Gasteiger partial charge is 0.270 e. The Balaban J connectivity index is 2.62. The summed E-state index contributed by atoms with van der Waals surface area (Å²) in [6, 6.07) is 5.24. The first-order valence-corrected chi connectivity index (χ1v) is 5.79. The first kappa shape index (κ1) is 12.9. The lowest BCUT2D eigenvalue weighted by Crippen LogP contribution is -2.24. The van der Waals surface area contributed by atoms with Crippen molar-refractivity contribution in [1.29, 1.82) is 0 Å². The van der Waals surface area contributed by atoms with Gasteiger partial charge in [-0.2, -0.15) is 0 Å². The molecule has 0 radical (unpaired) electrons. The van der Waals surface area contributed by atoms with Crippen LogP contribution < -0.4 is 15.8 Å². The zero-order valence-corrected chi connectivity index (χ0v) is 10.6. The monoisotopic (exact) mass is 257 g/mol. The number of aromatic nitrogens is 1. The van der Waals surface area contributed by atoms with Gasteiger partial charge in [-0.15, -0.1) is 6.58 Å². The number of nitrogens with zero attached hydrogens (tertiary/aromatic N) is 1. The van der Waals surface area contributed by atoms with E-state index in [9.17, 15) is 4.79 Å². The van der Waals surface area contributed by atoms with Crippen molar-refractivity contribution in [3.8, 4) is 5.75 Å². The maximum atomic E-state index is 12.1. The van der Waals surface area contributed by atoms with E-state index in [4.69, 9.17) is 10.5 Å². The molecule has 1 aromatic carbocycles. The van der Waals surface area contributed by atoms with Crippen molar-refractivity contribution in [2.45, 2.75) is 0 Å². The van der Waals surface area contributed by atoms with Crippen LogP contribution in [0.3, 0.4) is 0 Å². The number of nitrogens with one attached hydrogen (secondary N) is 1. The minimum Gasteiger partial charge on any atom is -0.496 e. The van der Waals surface area contributed by atoms with E-state index in [0.717, 1.165) is 5.39 Å². The molecule has 5 heteroatoms. The number of amides is 1. The highest BCUT2D eigenvalue weighted by molar-refractivity contribution is 6.11. The SMILES string of the molecule is C=CCNC(=O)c1nccc2c(OC)ccc(N)c12. The van der Waals surface area contributed by atoms with E-state index in [-0.39, 0.29) is 11.6 Å². The molecule has 1 heterocycles. The molecule has 0 aliphatic carbocycles. The summed E-state index contributed by atoms with van der Waals surface area (Å²) in [6.45, 7) is 3.93. The van der Waals surface area contributed by atoms with Crippen molar-refractivity contribution in [1.82, 2.24) is 10.3 Å². The molecular weight excluding hydrogens is 242 g/mol. The van der Waals surface area contributed by atoms with Gasteiger partial charge in [0.15, 0.2) is 0 Å². The number of hydrogen-bond donors (Lipinski definition) is 2. The lowest BCUT2D eigenvalue weighted by molar-refractivity contribution is 0.0955. The van der Waals surface area contributed by atoms with Gasteiger partial charge in [-0.3, -0.25) is 9.78 Å². The molecule has 2 rings (SSSR count). The molecular formula is C14H15N3O2. The van der Waals surface area contributed by atoms with E-state index < -0.39 is 0 Å². The Hall–Kier alpha value is -2.56.